The summed E-state index contributed by atoms with van der Waals surface area (Å²) in [6.07, 6.45) is 9.39. The Morgan fingerprint density at radius 3 is 2.81 bits per heavy atom. The molecule has 0 aliphatic carbocycles. The van der Waals surface area contributed by atoms with Crippen molar-refractivity contribution in [2.45, 2.75) is 19.3 Å². The molecule has 0 radical (unpaired) electrons. The van der Waals surface area contributed by atoms with Crippen LogP contribution in [0.1, 0.15) is 18.4 Å². The van der Waals surface area contributed by atoms with E-state index in [1.165, 1.54) is 10.0 Å². The van der Waals surface area contributed by atoms with Crippen LogP contribution in [0.2, 0.25) is 0 Å². The summed E-state index contributed by atoms with van der Waals surface area (Å²) < 4.78 is 6.71. The number of aryl methyl sites for hydroxylation is 1. The second-order valence-electron chi connectivity index (χ2n) is 3.82. The number of ether oxygens (including phenoxy) is 1. The Balaban J connectivity index is 1.82. The first-order valence-corrected chi connectivity index (χ1v) is 6.37. The predicted octanol–water partition coefficient (Wildman–Crippen LogP) is 4.24. The number of rotatable bonds is 4. The molecular formula is C14H15BrO. The van der Waals surface area contributed by atoms with Crippen molar-refractivity contribution in [3.05, 3.63) is 58.3 Å². The average molecular weight is 279 g/mol. The van der Waals surface area contributed by atoms with Crippen LogP contribution in [0.4, 0.5) is 0 Å². The zero-order valence-electron chi connectivity index (χ0n) is 9.16. The first-order chi connectivity index (χ1) is 7.86. The molecule has 1 heterocycles. The van der Waals surface area contributed by atoms with Gasteiger partial charge in [-0.1, -0.05) is 40.2 Å². The topological polar surface area (TPSA) is 9.23 Å². The van der Waals surface area contributed by atoms with Crippen LogP contribution in [0.3, 0.4) is 0 Å². The van der Waals surface area contributed by atoms with Gasteiger partial charge in [0.25, 0.3) is 0 Å². The van der Waals surface area contributed by atoms with Crippen LogP contribution in [-0.2, 0) is 11.2 Å². The maximum absolute atomic E-state index is 5.51. The molecule has 0 N–H and O–H groups in total. The molecular weight excluding hydrogens is 264 g/mol. The molecule has 0 unspecified atom stereocenters. The van der Waals surface area contributed by atoms with Gasteiger partial charge in [0.15, 0.2) is 0 Å². The van der Waals surface area contributed by atoms with E-state index in [-0.39, 0.29) is 0 Å². The molecule has 0 saturated carbocycles. The second-order valence-corrected chi connectivity index (χ2v) is 4.67. The third-order valence-corrected chi connectivity index (χ3v) is 3.38. The lowest BCUT2D eigenvalue weighted by molar-refractivity contribution is 0.230. The van der Waals surface area contributed by atoms with E-state index in [0.717, 1.165) is 31.6 Å². The predicted molar refractivity (Wildman–Crippen MR) is 70.3 cm³/mol. The Labute approximate surface area is 105 Å². The van der Waals surface area contributed by atoms with Gasteiger partial charge in [0.2, 0.25) is 0 Å². The van der Waals surface area contributed by atoms with Gasteiger partial charge < -0.3 is 4.74 Å². The summed E-state index contributed by atoms with van der Waals surface area (Å²) in [6, 6.07) is 8.39. The van der Waals surface area contributed by atoms with Crippen molar-refractivity contribution in [3.8, 4) is 0 Å². The number of allylic oxidation sites excluding steroid dienone is 3. The quantitative estimate of drug-likeness (QED) is 0.801. The molecule has 1 aliphatic rings. The minimum atomic E-state index is 0.723. The van der Waals surface area contributed by atoms with Crippen molar-refractivity contribution < 1.29 is 4.74 Å². The van der Waals surface area contributed by atoms with Crippen molar-refractivity contribution >= 4 is 15.9 Å². The first kappa shape index (κ1) is 11.5. The fourth-order valence-corrected chi connectivity index (χ4v) is 2.23. The van der Waals surface area contributed by atoms with E-state index in [2.05, 4.69) is 46.3 Å². The molecule has 0 saturated heterocycles. The van der Waals surface area contributed by atoms with Crippen LogP contribution in [0.25, 0.3) is 0 Å². The molecule has 1 aromatic carbocycles. The van der Waals surface area contributed by atoms with Crippen LogP contribution in [0.15, 0.2) is 52.7 Å². The zero-order chi connectivity index (χ0) is 11.2. The Hall–Kier alpha value is -1.02. The second kappa shape index (κ2) is 5.90. The van der Waals surface area contributed by atoms with Crippen LogP contribution >= 0.6 is 15.9 Å². The number of hydrogen-bond acceptors (Lipinski definition) is 1. The lowest BCUT2D eigenvalue weighted by Crippen LogP contribution is -1.97. The molecule has 16 heavy (non-hydrogen) atoms. The smallest absolute Gasteiger partial charge is 0.106 e. The van der Waals surface area contributed by atoms with Gasteiger partial charge in [0.1, 0.15) is 6.61 Å². The molecule has 1 aromatic rings. The van der Waals surface area contributed by atoms with Crippen molar-refractivity contribution in [1.29, 1.82) is 0 Å². The summed E-state index contributed by atoms with van der Waals surface area (Å²) in [4.78, 5) is 0. The number of hydrogen-bond donors (Lipinski definition) is 0. The fourth-order valence-electron chi connectivity index (χ4n) is 1.74. The number of benzene rings is 1. The third kappa shape index (κ3) is 3.24. The summed E-state index contributed by atoms with van der Waals surface area (Å²) in [5.41, 5.74) is 1.37. The van der Waals surface area contributed by atoms with Crippen molar-refractivity contribution in [1.82, 2.24) is 0 Å². The van der Waals surface area contributed by atoms with E-state index in [1.807, 2.05) is 12.1 Å². The summed E-state index contributed by atoms with van der Waals surface area (Å²) >= 11 is 3.57. The van der Waals surface area contributed by atoms with Gasteiger partial charge in [-0.3, -0.25) is 0 Å². The van der Waals surface area contributed by atoms with Crippen molar-refractivity contribution in [2.75, 3.05) is 6.61 Å². The van der Waals surface area contributed by atoms with Gasteiger partial charge in [0, 0.05) is 10.9 Å². The van der Waals surface area contributed by atoms with Gasteiger partial charge in [-0.2, -0.15) is 0 Å². The minimum absolute atomic E-state index is 0.723. The molecule has 84 valence electrons. The molecule has 1 aliphatic heterocycles. The van der Waals surface area contributed by atoms with Crippen LogP contribution in [-0.4, -0.2) is 6.61 Å². The fraction of sp³-hybridized carbons (Fsp3) is 0.286. The molecule has 0 spiro atoms. The lowest BCUT2D eigenvalue weighted by Gasteiger charge is -2.11. The largest absolute Gasteiger partial charge is 0.494 e. The lowest BCUT2D eigenvalue weighted by atomic mass is 10.1. The Bertz CT molecular complexity index is 407. The molecule has 2 heteroatoms. The maximum Gasteiger partial charge on any atom is 0.106 e. The van der Waals surface area contributed by atoms with Gasteiger partial charge >= 0.3 is 0 Å². The van der Waals surface area contributed by atoms with E-state index in [1.54, 1.807) is 0 Å². The molecule has 0 aromatic heterocycles. The molecule has 0 bridgehead atoms. The highest BCUT2D eigenvalue weighted by Crippen LogP contribution is 2.19. The normalized spacial score (nSPS) is 14.4. The van der Waals surface area contributed by atoms with E-state index >= 15 is 0 Å². The van der Waals surface area contributed by atoms with Crippen molar-refractivity contribution in [2.24, 2.45) is 0 Å². The summed E-state index contributed by atoms with van der Waals surface area (Å²) in [5.74, 6) is 1.11. The highest BCUT2D eigenvalue weighted by molar-refractivity contribution is 9.10. The van der Waals surface area contributed by atoms with E-state index < -0.39 is 0 Å². The van der Waals surface area contributed by atoms with E-state index in [0.29, 0.717) is 0 Å². The van der Waals surface area contributed by atoms with Crippen LogP contribution in [0, 0.1) is 0 Å². The summed E-state index contributed by atoms with van der Waals surface area (Å²) in [5, 5.41) is 0. The van der Waals surface area contributed by atoms with Crippen LogP contribution < -0.4 is 0 Å². The standard InChI is InChI=1S/C14H15BrO/c15-14-10-2-1-6-12(14)7-5-9-13-8-3-4-11-16-13/h1-4,6,8,10H,5,7,9,11H2. The van der Waals surface area contributed by atoms with Crippen LogP contribution in [0.5, 0.6) is 0 Å². The monoisotopic (exact) mass is 278 g/mol. The van der Waals surface area contributed by atoms with Gasteiger partial charge in [-0.25, -0.2) is 0 Å². The minimum Gasteiger partial charge on any atom is -0.494 e. The first-order valence-electron chi connectivity index (χ1n) is 5.58. The summed E-state index contributed by atoms with van der Waals surface area (Å²) in [6.45, 7) is 0.723. The Morgan fingerprint density at radius 1 is 1.19 bits per heavy atom. The average Bonchev–Trinajstić information content (AvgIpc) is 2.33. The van der Waals surface area contributed by atoms with E-state index in [4.69, 9.17) is 4.74 Å². The van der Waals surface area contributed by atoms with Gasteiger partial charge in [-0.15, -0.1) is 0 Å². The molecule has 1 nitrogen and oxygen atoms in total. The van der Waals surface area contributed by atoms with Crippen molar-refractivity contribution in [3.63, 3.8) is 0 Å². The van der Waals surface area contributed by atoms with E-state index in [9.17, 15) is 0 Å². The SMILES string of the molecule is Brc1ccccc1CCCC1=CC=CCO1. The summed E-state index contributed by atoms with van der Waals surface area (Å²) in [7, 11) is 0. The number of halogens is 1. The molecule has 2 rings (SSSR count). The third-order valence-electron chi connectivity index (χ3n) is 2.61. The Kier molecular flexibility index (Phi) is 4.23. The highest BCUT2D eigenvalue weighted by Gasteiger charge is 2.02. The Morgan fingerprint density at radius 2 is 2.06 bits per heavy atom. The molecule has 0 fully saturated rings. The zero-order valence-corrected chi connectivity index (χ0v) is 10.7. The molecule has 0 amide bonds. The highest BCUT2D eigenvalue weighted by atomic mass is 79.9. The van der Waals surface area contributed by atoms with Gasteiger partial charge in [0.05, 0.1) is 5.76 Å². The van der Waals surface area contributed by atoms with Gasteiger partial charge in [-0.05, 0) is 36.6 Å². The maximum atomic E-state index is 5.51. The molecule has 0 atom stereocenters.